The van der Waals surface area contributed by atoms with Crippen LogP contribution >= 0.6 is 46.4 Å². The van der Waals surface area contributed by atoms with Crippen LogP contribution in [0.5, 0.6) is 0 Å². The van der Waals surface area contributed by atoms with Crippen LogP contribution in [0.25, 0.3) is 11.1 Å². The van der Waals surface area contributed by atoms with E-state index < -0.39 is 0 Å². The van der Waals surface area contributed by atoms with Crippen molar-refractivity contribution in [3.63, 3.8) is 0 Å². The number of halogens is 4. The molecule has 0 radical (unpaired) electrons. The first-order valence-electron chi connectivity index (χ1n) is 4.56. The molecule has 0 atom stereocenters. The fraction of sp³-hybridized carbons (Fsp3) is 0. The first-order chi connectivity index (χ1) is 8.02. The highest BCUT2D eigenvalue weighted by Crippen LogP contribution is 2.44. The van der Waals surface area contributed by atoms with Gasteiger partial charge in [-0.25, -0.2) is 4.98 Å². The third kappa shape index (κ3) is 2.31. The Morgan fingerprint density at radius 3 is 2.35 bits per heavy atom. The van der Waals surface area contributed by atoms with Crippen molar-refractivity contribution in [2.75, 3.05) is 5.73 Å². The zero-order valence-electron chi connectivity index (χ0n) is 8.35. The van der Waals surface area contributed by atoms with Crippen molar-refractivity contribution in [2.45, 2.75) is 0 Å². The molecule has 0 bridgehead atoms. The van der Waals surface area contributed by atoms with E-state index in [1.807, 2.05) is 0 Å². The maximum atomic E-state index is 6.13. The van der Waals surface area contributed by atoms with Gasteiger partial charge in [-0.3, -0.25) is 0 Å². The van der Waals surface area contributed by atoms with Gasteiger partial charge in [0.05, 0.1) is 20.1 Å². The van der Waals surface area contributed by atoms with Crippen LogP contribution in [0.4, 0.5) is 5.82 Å². The Labute approximate surface area is 118 Å². The van der Waals surface area contributed by atoms with Crippen molar-refractivity contribution in [1.82, 2.24) is 4.98 Å². The van der Waals surface area contributed by atoms with E-state index in [-0.39, 0.29) is 10.0 Å². The SMILES string of the molecule is Nc1ncccc1-c1c(Cl)cc(Cl)c(Cl)c1Cl. The first kappa shape index (κ1) is 12.8. The van der Waals surface area contributed by atoms with Crippen molar-refractivity contribution in [1.29, 1.82) is 0 Å². The molecule has 0 aliphatic carbocycles. The molecule has 0 amide bonds. The van der Waals surface area contributed by atoms with E-state index in [1.54, 1.807) is 18.3 Å². The molecule has 0 fully saturated rings. The number of hydrogen-bond acceptors (Lipinski definition) is 2. The number of nitrogen functional groups attached to an aromatic ring is 1. The molecule has 1 aromatic carbocycles. The van der Waals surface area contributed by atoms with E-state index in [0.717, 1.165) is 0 Å². The fourth-order valence-corrected chi connectivity index (χ4v) is 2.56. The Morgan fingerprint density at radius 1 is 1.00 bits per heavy atom. The standard InChI is InChI=1S/C11H6Cl4N2/c12-6-4-7(13)9(14)10(15)8(6)5-2-1-3-17-11(5)16/h1-4H,(H2,16,17). The van der Waals surface area contributed by atoms with Gasteiger partial charge >= 0.3 is 0 Å². The van der Waals surface area contributed by atoms with Gasteiger partial charge in [-0.05, 0) is 18.2 Å². The van der Waals surface area contributed by atoms with Gasteiger partial charge in [-0.15, -0.1) is 0 Å². The average molecular weight is 308 g/mol. The lowest BCUT2D eigenvalue weighted by molar-refractivity contribution is 1.34. The smallest absolute Gasteiger partial charge is 0.131 e. The minimum atomic E-state index is 0.246. The van der Waals surface area contributed by atoms with Gasteiger partial charge in [-0.1, -0.05) is 46.4 Å². The molecule has 2 rings (SSSR count). The van der Waals surface area contributed by atoms with E-state index in [2.05, 4.69) is 4.98 Å². The van der Waals surface area contributed by atoms with Crippen LogP contribution in [0.15, 0.2) is 24.4 Å². The maximum absolute atomic E-state index is 6.13. The molecular formula is C11H6Cl4N2. The Bertz CT molecular complexity index is 584. The highest BCUT2D eigenvalue weighted by atomic mass is 35.5. The summed E-state index contributed by atoms with van der Waals surface area (Å²) in [5.74, 6) is 0.328. The van der Waals surface area contributed by atoms with Gasteiger partial charge < -0.3 is 5.73 Å². The predicted molar refractivity (Wildman–Crippen MR) is 74.1 cm³/mol. The van der Waals surface area contributed by atoms with Gasteiger partial charge in [0.15, 0.2) is 0 Å². The fourth-order valence-electron chi connectivity index (χ4n) is 1.44. The molecule has 0 saturated carbocycles. The minimum Gasteiger partial charge on any atom is -0.383 e. The van der Waals surface area contributed by atoms with Crippen LogP contribution in [-0.2, 0) is 0 Å². The van der Waals surface area contributed by atoms with Crippen LogP contribution in [-0.4, -0.2) is 4.98 Å². The predicted octanol–water partition coefficient (Wildman–Crippen LogP) is 4.94. The molecule has 0 spiro atoms. The summed E-state index contributed by atoms with van der Waals surface area (Å²) in [6.45, 7) is 0. The molecule has 2 nitrogen and oxygen atoms in total. The first-order valence-corrected chi connectivity index (χ1v) is 6.07. The normalized spacial score (nSPS) is 10.6. The van der Waals surface area contributed by atoms with Crippen LogP contribution in [0.1, 0.15) is 0 Å². The molecule has 1 aromatic heterocycles. The third-order valence-electron chi connectivity index (χ3n) is 2.22. The van der Waals surface area contributed by atoms with Gasteiger partial charge in [-0.2, -0.15) is 0 Å². The Kier molecular flexibility index (Phi) is 3.69. The molecule has 17 heavy (non-hydrogen) atoms. The molecule has 0 saturated heterocycles. The third-order valence-corrected chi connectivity index (χ3v) is 3.78. The number of anilines is 1. The van der Waals surface area contributed by atoms with E-state index >= 15 is 0 Å². The molecule has 0 aliphatic rings. The monoisotopic (exact) mass is 306 g/mol. The number of hydrogen-bond donors (Lipinski definition) is 1. The molecule has 1 heterocycles. The highest BCUT2D eigenvalue weighted by Gasteiger charge is 2.17. The molecule has 2 aromatic rings. The summed E-state index contributed by atoms with van der Waals surface area (Å²) in [5.41, 5.74) is 6.94. The van der Waals surface area contributed by atoms with Crippen LogP contribution in [0.3, 0.4) is 0 Å². The number of benzene rings is 1. The lowest BCUT2D eigenvalue weighted by Gasteiger charge is -2.11. The van der Waals surface area contributed by atoms with Crippen LogP contribution in [0, 0.1) is 0 Å². The van der Waals surface area contributed by atoms with E-state index in [4.69, 9.17) is 52.1 Å². The largest absolute Gasteiger partial charge is 0.383 e. The summed E-state index contributed by atoms with van der Waals surface area (Å²) in [5, 5.41) is 1.19. The summed E-state index contributed by atoms with van der Waals surface area (Å²) in [6, 6.07) is 5.03. The van der Waals surface area contributed by atoms with Crippen molar-refractivity contribution >= 4 is 52.2 Å². The van der Waals surface area contributed by atoms with Gasteiger partial charge in [0.25, 0.3) is 0 Å². The molecule has 88 valence electrons. The number of aromatic nitrogens is 1. The zero-order valence-corrected chi connectivity index (χ0v) is 11.4. The average Bonchev–Trinajstić information content (AvgIpc) is 2.29. The second-order valence-electron chi connectivity index (χ2n) is 3.28. The van der Waals surface area contributed by atoms with Gasteiger partial charge in [0.1, 0.15) is 5.82 Å². The quantitative estimate of drug-likeness (QED) is 0.598. The Morgan fingerprint density at radius 2 is 1.71 bits per heavy atom. The van der Waals surface area contributed by atoms with E-state index in [9.17, 15) is 0 Å². The number of nitrogens with zero attached hydrogens (tertiary/aromatic N) is 1. The Hall–Kier alpha value is -0.670. The molecule has 0 unspecified atom stereocenters. The number of rotatable bonds is 1. The van der Waals surface area contributed by atoms with Gasteiger partial charge in [0.2, 0.25) is 0 Å². The van der Waals surface area contributed by atoms with Gasteiger partial charge in [0, 0.05) is 17.3 Å². The number of pyridine rings is 1. The summed E-state index contributed by atoms with van der Waals surface area (Å²) >= 11 is 24.1. The molecular weight excluding hydrogens is 302 g/mol. The maximum Gasteiger partial charge on any atom is 0.131 e. The highest BCUT2D eigenvalue weighted by molar-refractivity contribution is 6.51. The Balaban J connectivity index is 2.77. The second-order valence-corrected chi connectivity index (χ2v) is 4.85. The molecule has 2 N–H and O–H groups in total. The summed E-state index contributed by atoms with van der Waals surface area (Å²) in [6.07, 6.45) is 1.58. The topological polar surface area (TPSA) is 38.9 Å². The van der Waals surface area contributed by atoms with E-state index in [1.165, 1.54) is 6.07 Å². The van der Waals surface area contributed by atoms with Crippen molar-refractivity contribution < 1.29 is 0 Å². The van der Waals surface area contributed by atoms with Crippen molar-refractivity contribution in [3.05, 3.63) is 44.5 Å². The van der Waals surface area contributed by atoms with Crippen molar-refractivity contribution in [2.24, 2.45) is 0 Å². The minimum absolute atomic E-state index is 0.246. The number of nitrogens with two attached hydrogens (primary N) is 1. The summed E-state index contributed by atoms with van der Waals surface area (Å²) in [4.78, 5) is 3.97. The van der Waals surface area contributed by atoms with Crippen LogP contribution < -0.4 is 5.73 Å². The summed E-state index contributed by atoms with van der Waals surface area (Å²) < 4.78 is 0. The molecule has 6 heteroatoms. The zero-order chi connectivity index (χ0) is 12.6. The van der Waals surface area contributed by atoms with Crippen LogP contribution in [0.2, 0.25) is 20.1 Å². The second kappa shape index (κ2) is 4.91. The molecule has 0 aliphatic heterocycles. The summed E-state index contributed by atoms with van der Waals surface area (Å²) in [7, 11) is 0. The lowest BCUT2D eigenvalue weighted by Crippen LogP contribution is -1.94. The lowest BCUT2D eigenvalue weighted by atomic mass is 10.1. The van der Waals surface area contributed by atoms with E-state index in [0.29, 0.717) is 27.0 Å². The van der Waals surface area contributed by atoms with Crippen molar-refractivity contribution in [3.8, 4) is 11.1 Å².